The second kappa shape index (κ2) is 4.85. The molecule has 2 atom stereocenters. The van der Waals surface area contributed by atoms with Crippen LogP contribution in [-0.2, 0) is 9.59 Å². The molecule has 3 rings (SSSR count). The Labute approximate surface area is 120 Å². The highest BCUT2D eigenvalue weighted by atomic mass is 16.3. The molecule has 0 spiro atoms. The number of rotatable bonds is 1. The van der Waals surface area contributed by atoms with E-state index >= 15 is 0 Å². The van der Waals surface area contributed by atoms with E-state index in [0.29, 0.717) is 29.7 Å². The molecule has 1 aromatic carbocycles. The van der Waals surface area contributed by atoms with Gasteiger partial charge in [-0.1, -0.05) is 0 Å². The Bertz CT molecular complexity index is 643. The smallest absolute Gasteiger partial charge is 0.257 e. The van der Waals surface area contributed by atoms with Gasteiger partial charge >= 0.3 is 0 Å². The van der Waals surface area contributed by atoms with Crippen LogP contribution in [0.5, 0.6) is 0 Å². The van der Waals surface area contributed by atoms with Crippen molar-refractivity contribution < 1.29 is 19.5 Å². The summed E-state index contributed by atoms with van der Waals surface area (Å²) < 4.78 is 0. The lowest BCUT2D eigenvalue weighted by molar-refractivity contribution is -0.134. The summed E-state index contributed by atoms with van der Waals surface area (Å²) >= 11 is 0. The van der Waals surface area contributed by atoms with E-state index in [4.69, 9.17) is 5.73 Å². The maximum Gasteiger partial charge on any atom is 0.257 e. The van der Waals surface area contributed by atoms with Crippen LogP contribution in [0.1, 0.15) is 41.4 Å². The van der Waals surface area contributed by atoms with Crippen molar-refractivity contribution in [1.29, 1.82) is 0 Å². The Morgan fingerprint density at radius 3 is 2.81 bits per heavy atom. The first-order valence-electron chi connectivity index (χ1n) is 6.73. The first kappa shape index (κ1) is 13.6. The van der Waals surface area contributed by atoms with Gasteiger partial charge < -0.3 is 10.8 Å². The number of carbonyl (C=O) groups excluding carboxylic acids is 3. The number of anilines is 1. The van der Waals surface area contributed by atoms with Crippen molar-refractivity contribution in [1.82, 2.24) is 10.2 Å². The number of aliphatic hydroxyl groups excluding tert-OH is 1. The largest absolute Gasteiger partial charge is 0.399 e. The molecule has 0 radical (unpaired) electrons. The minimum absolute atomic E-state index is 0.236. The van der Waals surface area contributed by atoms with Crippen LogP contribution >= 0.6 is 0 Å². The molecule has 0 aliphatic carbocycles. The minimum Gasteiger partial charge on any atom is -0.399 e. The molecule has 0 aromatic heterocycles. The van der Waals surface area contributed by atoms with Crippen LogP contribution in [-0.4, -0.2) is 33.8 Å². The molecule has 2 heterocycles. The molecule has 1 aromatic rings. The van der Waals surface area contributed by atoms with Crippen molar-refractivity contribution in [3.8, 4) is 0 Å². The van der Waals surface area contributed by atoms with Gasteiger partial charge in [-0.3, -0.25) is 24.6 Å². The Balaban J connectivity index is 1.95. The van der Waals surface area contributed by atoms with Crippen molar-refractivity contribution in [2.24, 2.45) is 0 Å². The number of hydrogen-bond acceptors (Lipinski definition) is 5. The number of benzene rings is 1. The molecular weight excluding hydrogens is 274 g/mol. The molecule has 4 N–H and O–H groups in total. The van der Waals surface area contributed by atoms with Crippen molar-refractivity contribution in [2.75, 3.05) is 5.73 Å². The van der Waals surface area contributed by atoms with Crippen LogP contribution in [0.3, 0.4) is 0 Å². The number of imide groups is 1. The van der Waals surface area contributed by atoms with Gasteiger partial charge in [0.05, 0.1) is 0 Å². The summed E-state index contributed by atoms with van der Waals surface area (Å²) in [6, 6.07) is 3.78. The van der Waals surface area contributed by atoms with Crippen LogP contribution in [0.2, 0.25) is 0 Å². The molecule has 110 valence electrons. The third-order valence-electron chi connectivity index (χ3n) is 3.86. The molecular formula is C14H15N3O4. The molecule has 2 aliphatic rings. The minimum atomic E-state index is -1.22. The normalized spacial score (nSPS) is 25.6. The monoisotopic (exact) mass is 289 g/mol. The highest BCUT2D eigenvalue weighted by molar-refractivity contribution is 6.04. The third kappa shape index (κ3) is 2.15. The number of nitrogen functional groups attached to an aromatic ring is 1. The SMILES string of the molecule is Nc1ccc2c(c1)C(O)N([C@H]1CCCC(=O)NC1=O)C2=O. The number of aliphatic hydroxyl groups is 1. The molecule has 2 aliphatic heterocycles. The fourth-order valence-electron chi connectivity index (χ4n) is 2.84. The summed E-state index contributed by atoms with van der Waals surface area (Å²) in [5, 5.41) is 12.6. The zero-order valence-electron chi connectivity index (χ0n) is 11.2. The highest BCUT2D eigenvalue weighted by Crippen LogP contribution is 2.35. The van der Waals surface area contributed by atoms with Gasteiger partial charge in [0.2, 0.25) is 11.8 Å². The topological polar surface area (TPSA) is 113 Å². The maximum atomic E-state index is 12.4. The summed E-state index contributed by atoms with van der Waals surface area (Å²) in [6.45, 7) is 0. The average Bonchev–Trinajstić information content (AvgIpc) is 2.57. The van der Waals surface area contributed by atoms with Crippen molar-refractivity contribution in [3.05, 3.63) is 29.3 Å². The molecule has 1 unspecified atom stereocenters. The van der Waals surface area contributed by atoms with Gasteiger partial charge in [-0.15, -0.1) is 0 Å². The predicted molar refractivity (Wildman–Crippen MR) is 72.8 cm³/mol. The van der Waals surface area contributed by atoms with Gasteiger partial charge in [-0.05, 0) is 31.0 Å². The number of amides is 3. The number of hydrogen-bond donors (Lipinski definition) is 3. The van der Waals surface area contributed by atoms with E-state index in [1.54, 1.807) is 6.07 Å². The summed E-state index contributed by atoms with van der Waals surface area (Å²) in [7, 11) is 0. The third-order valence-corrected chi connectivity index (χ3v) is 3.86. The van der Waals surface area contributed by atoms with Gasteiger partial charge in [0, 0.05) is 23.2 Å². The molecule has 21 heavy (non-hydrogen) atoms. The van der Waals surface area contributed by atoms with E-state index < -0.39 is 24.1 Å². The summed E-state index contributed by atoms with van der Waals surface area (Å²) in [6.07, 6.45) is -0.165. The second-order valence-corrected chi connectivity index (χ2v) is 5.25. The van der Waals surface area contributed by atoms with Gasteiger partial charge in [-0.2, -0.15) is 0 Å². The van der Waals surface area contributed by atoms with Crippen molar-refractivity contribution in [2.45, 2.75) is 31.5 Å². The predicted octanol–water partition coefficient (Wildman–Crippen LogP) is -0.0892. The lowest BCUT2D eigenvalue weighted by Gasteiger charge is -2.28. The molecule has 3 amide bonds. The van der Waals surface area contributed by atoms with Gasteiger partial charge in [-0.25, -0.2) is 0 Å². The second-order valence-electron chi connectivity index (χ2n) is 5.25. The van der Waals surface area contributed by atoms with E-state index in [9.17, 15) is 19.5 Å². The first-order chi connectivity index (χ1) is 9.99. The summed E-state index contributed by atoms with van der Waals surface area (Å²) in [4.78, 5) is 37.0. The fourth-order valence-corrected chi connectivity index (χ4v) is 2.84. The van der Waals surface area contributed by atoms with Crippen LogP contribution in [0.25, 0.3) is 0 Å². The van der Waals surface area contributed by atoms with Crippen LogP contribution in [0.15, 0.2) is 18.2 Å². The quantitative estimate of drug-likeness (QED) is 0.494. The fraction of sp³-hybridized carbons (Fsp3) is 0.357. The number of carbonyl (C=O) groups is 3. The number of nitrogens with zero attached hydrogens (tertiary/aromatic N) is 1. The summed E-state index contributed by atoms with van der Waals surface area (Å²) in [5.41, 5.74) is 6.83. The van der Waals surface area contributed by atoms with E-state index in [1.807, 2.05) is 0 Å². The lowest BCUT2D eigenvalue weighted by Crippen LogP contribution is -2.48. The average molecular weight is 289 g/mol. The molecule has 1 fully saturated rings. The van der Waals surface area contributed by atoms with Gasteiger partial charge in [0.15, 0.2) is 6.23 Å². The Hall–Kier alpha value is -2.41. The van der Waals surface area contributed by atoms with Gasteiger partial charge in [0.1, 0.15) is 6.04 Å². The molecule has 1 saturated heterocycles. The molecule has 7 heteroatoms. The standard InChI is InChI=1S/C14H15N3O4/c15-7-4-5-8-9(6-7)14(21)17(13(8)20)10-2-1-3-11(18)16-12(10)19/h4-6,10,14,21H,1-3,15H2,(H,16,18,19)/t10-,14?/m0/s1. The lowest BCUT2D eigenvalue weighted by atomic mass is 10.1. The highest BCUT2D eigenvalue weighted by Gasteiger charge is 2.43. The Morgan fingerprint density at radius 1 is 1.29 bits per heavy atom. The molecule has 0 saturated carbocycles. The maximum absolute atomic E-state index is 12.4. The van der Waals surface area contributed by atoms with E-state index in [-0.39, 0.29) is 12.3 Å². The van der Waals surface area contributed by atoms with Crippen LogP contribution in [0, 0.1) is 0 Å². The van der Waals surface area contributed by atoms with Crippen molar-refractivity contribution in [3.63, 3.8) is 0 Å². The van der Waals surface area contributed by atoms with Crippen LogP contribution < -0.4 is 11.1 Å². The Morgan fingerprint density at radius 2 is 2.05 bits per heavy atom. The Kier molecular flexibility index (Phi) is 3.13. The van der Waals surface area contributed by atoms with E-state index in [1.165, 1.54) is 12.1 Å². The first-order valence-corrected chi connectivity index (χ1v) is 6.73. The van der Waals surface area contributed by atoms with Crippen LogP contribution in [0.4, 0.5) is 5.69 Å². The number of nitrogens with two attached hydrogens (primary N) is 1. The summed E-state index contributed by atoms with van der Waals surface area (Å²) in [5.74, 6) is -1.33. The number of fused-ring (bicyclic) bond motifs is 1. The molecule has 0 bridgehead atoms. The van der Waals surface area contributed by atoms with Gasteiger partial charge in [0.25, 0.3) is 5.91 Å². The number of nitrogens with one attached hydrogen (secondary N) is 1. The van der Waals surface area contributed by atoms with Crippen molar-refractivity contribution >= 4 is 23.4 Å². The van der Waals surface area contributed by atoms with E-state index in [2.05, 4.69) is 5.32 Å². The zero-order valence-corrected chi connectivity index (χ0v) is 11.2. The molecule has 7 nitrogen and oxygen atoms in total. The zero-order chi connectivity index (χ0) is 15.1. The van der Waals surface area contributed by atoms with E-state index in [0.717, 1.165) is 4.90 Å².